The predicted molar refractivity (Wildman–Crippen MR) is 51.7 cm³/mol. The summed E-state index contributed by atoms with van der Waals surface area (Å²) in [6, 6.07) is 0. The summed E-state index contributed by atoms with van der Waals surface area (Å²) < 4.78 is 21.3. The molecule has 13 heavy (non-hydrogen) atoms. The number of allylic oxidation sites excluding steroid dienone is 1. The van der Waals surface area contributed by atoms with E-state index >= 15 is 0 Å². The van der Waals surface area contributed by atoms with E-state index in [9.17, 15) is 4.39 Å². The molecule has 6 heteroatoms. The Morgan fingerprint density at radius 3 is 2.69 bits per heavy atom. The highest BCUT2D eigenvalue weighted by Crippen LogP contribution is 1.98. The maximum atomic E-state index is 12.6. The zero-order valence-electron chi connectivity index (χ0n) is 7.48. The minimum absolute atomic E-state index is 0.0655. The first kappa shape index (κ1) is 11.6. The second-order valence-corrected chi connectivity index (χ2v) is 2.00. The first-order valence-corrected chi connectivity index (χ1v) is 3.43. The Balaban J connectivity index is 4.41. The molecule has 0 unspecified atom stereocenters. The second kappa shape index (κ2) is 7.30. The van der Waals surface area contributed by atoms with Gasteiger partial charge in [-0.2, -0.15) is 0 Å². The van der Waals surface area contributed by atoms with Gasteiger partial charge in [-0.1, -0.05) is 5.92 Å². The van der Waals surface area contributed by atoms with Gasteiger partial charge in [-0.3, -0.25) is 0 Å². The molecule has 0 radical (unpaired) electrons. The highest BCUT2D eigenvalue weighted by molar-refractivity contribution is 6.43. The van der Waals surface area contributed by atoms with Gasteiger partial charge < -0.3 is 9.49 Å². The Bertz CT molecular complexity index is 304. The van der Waals surface area contributed by atoms with Gasteiger partial charge >= 0.3 is 7.48 Å². The van der Waals surface area contributed by atoms with Crippen molar-refractivity contribution < 1.29 is 13.9 Å². The van der Waals surface area contributed by atoms with Gasteiger partial charge in [0.2, 0.25) is 0 Å². The maximum Gasteiger partial charge on any atom is 0.346 e. The third kappa shape index (κ3) is 5.86. The predicted octanol–water partition coefficient (Wildman–Crippen LogP) is -1.39. The van der Waals surface area contributed by atoms with E-state index in [2.05, 4.69) is 33.4 Å². The van der Waals surface area contributed by atoms with Gasteiger partial charge in [0.15, 0.2) is 7.85 Å². The van der Waals surface area contributed by atoms with E-state index in [4.69, 9.17) is 5.90 Å². The standard InChI is InChI=1S/C7H8B2FNO2/c1-12-5-3-2-4-6(7(8)10)9-13-11/h9H,8,11H2,1H3/b7-6+. The summed E-state index contributed by atoms with van der Waals surface area (Å²) in [6.07, 6.45) is 2.24. The average Bonchev–Trinajstić information content (AvgIpc) is 2.10. The molecule has 0 heterocycles. The van der Waals surface area contributed by atoms with Crippen molar-refractivity contribution in [3.05, 3.63) is 11.2 Å². The quantitative estimate of drug-likeness (QED) is 0.322. The van der Waals surface area contributed by atoms with Crippen LogP contribution >= 0.6 is 0 Å². The lowest BCUT2D eigenvalue weighted by molar-refractivity contribution is 0.360. The van der Waals surface area contributed by atoms with Crippen molar-refractivity contribution in [2.75, 3.05) is 7.11 Å². The summed E-state index contributed by atoms with van der Waals surface area (Å²) in [4.78, 5) is 0. The SMILES string of the molecule is B/C(F)=C(\BON)C#CC#COC. The van der Waals surface area contributed by atoms with E-state index in [0.29, 0.717) is 0 Å². The molecule has 0 saturated heterocycles. The van der Waals surface area contributed by atoms with Crippen molar-refractivity contribution in [2.45, 2.75) is 0 Å². The maximum absolute atomic E-state index is 12.6. The van der Waals surface area contributed by atoms with E-state index in [1.165, 1.54) is 15.0 Å². The Morgan fingerprint density at radius 1 is 1.54 bits per heavy atom. The molecule has 2 N–H and O–H groups in total. The molecule has 0 aromatic carbocycles. The molecule has 0 atom stereocenters. The first-order chi connectivity index (χ1) is 6.22. The summed E-state index contributed by atoms with van der Waals surface area (Å²) >= 11 is 0. The van der Waals surface area contributed by atoms with Crippen LogP contribution in [-0.4, -0.2) is 22.4 Å². The van der Waals surface area contributed by atoms with Gasteiger partial charge in [0, 0.05) is 11.4 Å². The number of hydrogen-bond acceptors (Lipinski definition) is 3. The van der Waals surface area contributed by atoms with Crippen LogP contribution in [-0.2, 0) is 9.49 Å². The zero-order chi connectivity index (χ0) is 10.1. The van der Waals surface area contributed by atoms with E-state index in [1.54, 1.807) is 0 Å². The molecule has 0 rings (SSSR count). The molecule has 0 fully saturated rings. The summed E-state index contributed by atoms with van der Waals surface area (Å²) in [6.45, 7) is 0. The van der Waals surface area contributed by atoms with E-state index in [1.807, 2.05) is 0 Å². The molecule has 0 aliphatic heterocycles. The lowest BCUT2D eigenvalue weighted by Gasteiger charge is -1.93. The van der Waals surface area contributed by atoms with Gasteiger partial charge in [0.1, 0.15) is 6.11 Å². The van der Waals surface area contributed by atoms with Crippen LogP contribution in [0.5, 0.6) is 0 Å². The van der Waals surface area contributed by atoms with Crippen LogP contribution in [0.1, 0.15) is 0 Å². The third-order valence-electron chi connectivity index (χ3n) is 1.07. The fourth-order valence-electron chi connectivity index (χ4n) is 0.488. The fraction of sp³-hybridized carbons (Fsp3) is 0.143. The van der Waals surface area contributed by atoms with E-state index < -0.39 is 5.73 Å². The van der Waals surface area contributed by atoms with E-state index in [0.717, 1.165) is 0 Å². The van der Waals surface area contributed by atoms with Gasteiger partial charge in [-0.25, -0.2) is 10.3 Å². The van der Waals surface area contributed by atoms with Gasteiger partial charge in [0.25, 0.3) is 0 Å². The highest BCUT2D eigenvalue weighted by atomic mass is 19.1. The van der Waals surface area contributed by atoms with Crippen molar-refractivity contribution >= 4 is 15.3 Å². The highest BCUT2D eigenvalue weighted by Gasteiger charge is 2.00. The van der Waals surface area contributed by atoms with Crippen molar-refractivity contribution in [3.8, 4) is 23.9 Å². The van der Waals surface area contributed by atoms with Crippen molar-refractivity contribution in [2.24, 2.45) is 5.90 Å². The van der Waals surface area contributed by atoms with Gasteiger partial charge in [0.05, 0.1) is 12.8 Å². The topological polar surface area (TPSA) is 44.5 Å². The number of rotatable bonds is 2. The molecular formula is C7H8B2FNO2. The summed E-state index contributed by atoms with van der Waals surface area (Å²) in [5.74, 6) is 12.0. The van der Waals surface area contributed by atoms with Crippen molar-refractivity contribution in [1.29, 1.82) is 0 Å². The number of halogens is 1. The molecular weight excluding hydrogens is 171 g/mol. The zero-order valence-corrected chi connectivity index (χ0v) is 7.48. The minimum Gasteiger partial charge on any atom is -0.449 e. The Morgan fingerprint density at radius 2 is 2.23 bits per heavy atom. The molecule has 0 bridgehead atoms. The Labute approximate surface area is 78.1 Å². The molecule has 0 aliphatic rings. The molecule has 0 aromatic heterocycles. The normalized spacial score (nSPS) is 9.77. The molecule has 0 spiro atoms. The fourth-order valence-corrected chi connectivity index (χ4v) is 0.488. The van der Waals surface area contributed by atoms with Crippen molar-refractivity contribution in [3.63, 3.8) is 0 Å². The molecule has 0 aromatic rings. The van der Waals surface area contributed by atoms with Crippen molar-refractivity contribution in [1.82, 2.24) is 0 Å². The number of nitrogens with two attached hydrogens (primary N) is 1. The van der Waals surface area contributed by atoms with E-state index in [-0.39, 0.29) is 13.0 Å². The number of hydrogen-bond donors (Lipinski definition) is 1. The smallest absolute Gasteiger partial charge is 0.346 e. The van der Waals surface area contributed by atoms with Crippen LogP contribution in [0.3, 0.4) is 0 Å². The van der Waals surface area contributed by atoms with Crippen LogP contribution in [0.2, 0.25) is 0 Å². The summed E-state index contributed by atoms with van der Waals surface area (Å²) in [5, 5.41) is 0. The lowest BCUT2D eigenvalue weighted by Crippen LogP contribution is -2.08. The Hall–Kier alpha value is -1.36. The summed E-state index contributed by atoms with van der Waals surface area (Å²) in [5.41, 5.74) is -0.259. The number of ether oxygens (including phenoxy) is 1. The van der Waals surface area contributed by atoms with Gasteiger partial charge in [-0.05, 0) is 5.92 Å². The van der Waals surface area contributed by atoms with Crippen LogP contribution < -0.4 is 5.90 Å². The molecule has 0 aliphatic carbocycles. The van der Waals surface area contributed by atoms with Crippen LogP contribution in [0.4, 0.5) is 4.39 Å². The first-order valence-electron chi connectivity index (χ1n) is 3.43. The average molecular weight is 179 g/mol. The van der Waals surface area contributed by atoms with Crippen LogP contribution in [0, 0.1) is 23.9 Å². The Kier molecular flexibility index (Phi) is 6.53. The van der Waals surface area contributed by atoms with Gasteiger partial charge in [-0.15, -0.1) is 0 Å². The third-order valence-corrected chi connectivity index (χ3v) is 1.07. The minimum atomic E-state index is -0.433. The molecule has 3 nitrogen and oxygen atoms in total. The largest absolute Gasteiger partial charge is 0.449 e. The molecule has 66 valence electrons. The lowest BCUT2D eigenvalue weighted by atomic mass is 9.82. The monoisotopic (exact) mass is 179 g/mol. The number of methoxy groups -OCH3 is 1. The van der Waals surface area contributed by atoms with Crippen LogP contribution in [0.25, 0.3) is 0 Å². The molecule has 0 amide bonds. The second-order valence-electron chi connectivity index (χ2n) is 2.00. The van der Waals surface area contributed by atoms with Crippen LogP contribution in [0.15, 0.2) is 11.2 Å². The summed E-state index contributed by atoms with van der Waals surface area (Å²) in [7, 11) is 2.62. The molecule has 0 saturated carbocycles.